The summed E-state index contributed by atoms with van der Waals surface area (Å²) < 4.78 is 0. The fourth-order valence-corrected chi connectivity index (χ4v) is 2.90. The first-order valence-electron chi connectivity index (χ1n) is 8.69. The predicted molar refractivity (Wildman–Crippen MR) is 112 cm³/mol. The number of anilines is 1. The van der Waals surface area contributed by atoms with Crippen LogP contribution in [0.1, 0.15) is 17.7 Å². The monoisotopic (exact) mass is 366 g/mol. The molecule has 0 amide bonds. The summed E-state index contributed by atoms with van der Waals surface area (Å²) in [6.45, 7) is 1.95. The van der Waals surface area contributed by atoms with E-state index in [0.717, 1.165) is 52.4 Å². The average molecular weight is 367 g/mol. The zero-order valence-corrected chi connectivity index (χ0v) is 15.9. The molecule has 134 valence electrons. The molecule has 0 radical (unpaired) electrons. The summed E-state index contributed by atoms with van der Waals surface area (Å²) in [6.07, 6.45) is 8.70. The number of rotatable bonds is 7. The molecular formula is C21H23ClN4. The molecule has 1 aromatic carbocycles. The van der Waals surface area contributed by atoms with Crippen molar-refractivity contribution in [3.63, 3.8) is 0 Å². The lowest BCUT2D eigenvalue weighted by Crippen LogP contribution is -2.16. The number of hydrogen-bond acceptors (Lipinski definition) is 4. The molecule has 4 nitrogen and oxygen atoms in total. The number of pyridine rings is 2. The van der Waals surface area contributed by atoms with Crippen molar-refractivity contribution in [3.8, 4) is 0 Å². The van der Waals surface area contributed by atoms with Crippen molar-refractivity contribution in [1.82, 2.24) is 14.9 Å². The Labute approximate surface area is 159 Å². The summed E-state index contributed by atoms with van der Waals surface area (Å²) in [5, 5.41) is 5.30. The summed E-state index contributed by atoms with van der Waals surface area (Å²) in [6, 6.07) is 11.8. The van der Waals surface area contributed by atoms with Crippen LogP contribution in [0.25, 0.3) is 23.1 Å². The third-order valence-electron chi connectivity index (χ3n) is 4.04. The molecule has 0 saturated heterocycles. The van der Waals surface area contributed by atoms with Crippen molar-refractivity contribution in [2.75, 3.05) is 32.5 Å². The van der Waals surface area contributed by atoms with Crippen molar-refractivity contribution in [1.29, 1.82) is 0 Å². The lowest BCUT2D eigenvalue weighted by atomic mass is 10.1. The predicted octanol–water partition coefficient (Wildman–Crippen LogP) is 4.82. The Hall–Kier alpha value is -2.43. The van der Waals surface area contributed by atoms with Crippen molar-refractivity contribution < 1.29 is 0 Å². The van der Waals surface area contributed by atoms with Crippen LogP contribution in [0.5, 0.6) is 0 Å². The van der Waals surface area contributed by atoms with Gasteiger partial charge in [0.1, 0.15) is 0 Å². The molecule has 2 aromatic heterocycles. The second-order valence-electron chi connectivity index (χ2n) is 6.45. The molecule has 3 aromatic rings. The van der Waals surface area contributed by atoms with E-state index in [9.17, 15) is 0 Å². The van der Waals surface area contributed by atoms with E-state index in [4.69, 9.17) is 16.6 Å². The van der Waals surface area contributed by atoms with Crippen molar-refractivity contribution in [2.45, 2.75) is 6.42 Å². The van der Waals surface area contributed by atoms with Gasteiger partial charge in [-0.3, -0.25) is 4.98 Å². The van der Waals surface area contributed by atoms with Gasteiger partial charge in [-0.2, -0.15) is 0 Å². The highest BCUT2D eigenvalue weighted by Crippen LogP contribution is 2.27. The second-order valence-corrected chi connectivity index (χ2v) is 6.89. The normalized spacial score (nSPS) is 11.5. The minimum atomic E-state index is 0.718. The van der Waals surface area contributed by atoms with Crippen LogP contribution in [0.2, 0.25) is 5.02 Å². The lowest BCUT2D eigenvalue weighted by molar-refractivity contribution is 0.405. The molecule has 3 rings (SSSR count). The number of hydrogen-bond donors (Lipinski definition) is 1. The SMILES string of the molecule is CN(C)CCCNc1cc(/C=C/c2ccncc2)nc2ccc(Cl)cc12. The average Bonchev–Trinajstić information content (AvgIpc) is 2.64. The van der Waals surface area contributed by atoms with Crippen molar-refractivity contribution in [2.24, 2.45) is 0 Å². The molecule has 5 heteroatoms. The van der Waals surface area contributed by atoms with Crippen LogP contribution in [0.15, 0.2) is 48.8 Å². The van der Waals surface area contributed by atoms with Gasteiger partial charge in [0.05, 0.1) is 11.2 Å². The van der Waals surface area contributed by atoms with Crippen LogP contribution < -0.4 is 5.32 Å². The van der Waals surface area contributed by atoms with Crippen LogP contribution in [-0.4, -0.2) is 42.1 Å². The first-order chi connectivity index (χ1) is 12.6. The summed E-state index contributed by atoms with van der Waals surface area (Å²) in [4.78, 5) is 11.0. The van der Waals surface area contributed by atoms with Gasteiger partial charge in [0.25, 0.3) is 0 Å². The summed E-state index contributed by atoms with van der Waals surface area (Å²) in [7, 11) is 4.17. The van der Waals surface area contributed by atoms with E-state index in [0.29, 0.717) is 0 Å². The van der Waals surface area contributed by atoms with Gasteiger partial charge in [-0.15, -0.1) is 0 Å². The Bertz CT molecular complexity index is 891. The summed E-state index contributed by atoms with van der Waals surface area (Å²) >= 11 is 6.19. The zero-order valence-electron chi connectivity index (χ0n) is 15.1. The molecule has 0 bridgehead atoms. The standard InChI is InChI=1S/C21H23ClN4/c1-26(2)13-3-10-24-21-15-18(6-4-16-8-11-23-12-9-16)25-20-7-5-17(22)14-19(20)21/h4-9,11-12,14-15H,3,10,13H2,1-2H3,(H,24,25)/b6-4+. The number of nitrogens with one attached hydrogen (secondary N) is 1. The third kappa shape index (κ3) is 5.04. The largest absolute Gasteiger partial charge is 0.384 e. The zero-order chi connectivity index (χ0) is 18.4. The topological polar surface area (TPSA) is 41.0 Å². The van der Waals surface area contributed by atoms with E-state index in [1.165, 1.54) is 0 Å². The molecule has 0 fully saturated rings. The maximum atomic E-state index is 6.19. The minimum absolute atomic E-state index is 0.718. The van der Waals surface area contributed by atoms with Gasteiger partial charge < -0.3 is 10.2 Å². The number of benzene rings is 1. The number of nitrogens with zero attached hydrogens (tertiary/aromatic N) is 3. The van der Waals surface area contributed by atoms with Crippen LogP contribution >= 0.6 is 11.6 Å². The Morgan fingerprint density at radius 2 is 1.88 bits per heavy atom. The van der Waals surface area contributed by atoms with Gasteiger partial charge in [0, 0.05) is 35.0 Å². The molecule has 0 spiro atoms. The highest BCUT2D eigenvalue weighted by atomic mass is 35.5. The maximum absolute atomic E-state index is 6.19. The Balaban J connectivity index is 1.87. The fourth-order valence-electron chi connectivity index (χ4n) is 2.72. The van der Waals surface area contributed by atoms with Gasteiger partial charge in [-0.05, 0) is 75.1 Å². The number of fused-ring (bicyclic) bond motifs is 1. The number of aromatic nitrogens is 2. The van der Waals surface area contributed by atoms with E-state index >= 15 is 0 Å². The first-order valence-corrected chi connectivity index (χ1v) is 9.06. The van der Waals surface area contributed by atoms with Crippen LogP contribution in [0.4, 0.5) is 5.69 Å². The van der Waals surface area contributed by atoms with Crippen LogP contribution in [-0.2, 0) is 0 Å². The first kappa shape index (κ1) is 18.4. The quantitative estimate of drug-likeness (QED) is 0.609. The number of halogens is 1. The fraction of sp³-hybridized carbons (Fsp3) is 0.238. The summed E-state index contributed by atoms with van der Waals surface area (Å²) in [5.41, 5.74) is 4.00. The molecule has 2 heterocycles. The molecule has 0 saturated carbocycles. The molecular weight excluding hydrogens is 344 g/mol. The van der Waals surface area contributed by atoms with E-state index in [1.807, 2.05) is 42.5 Å². The van der Waals surface area contributed by atoms with Gasteiger partial charge >= 0.3 is 0 Å². The molecule has 0 aliphatic rings. The van der Waals surface area contributed by atoms with E-state index in [2.05, 4.69) is 35.4 Å². The van der Waals surface area contributed by atoms with Crippen LogP contribution in [0.3, 0.4) is 0 Å². The van der Waals surface area contributed by atoms with E-state index < -0.39 is 0 Å². The highest BCUT2D eigenvalue weighted by Gasteiger charge is 2.06. The Morgan fingerprint density at radius 1 is 1.08 bits per heavy atom. The highest BCUT2D eigenvalue weighted by molar-refractivity contribution is 6.31. The molecule has 1 N–H and O–H groups in total. The Morgan fingerprint density at radius 3 is 2.65 bits per heavy atom. The lowest BCUT2D eigenvalue weighted by Gasteiger charge is -2.13. The third-order valence-corrected chi connectivity index (χ3v) is 4.28. The summed E-state index contributed by atoms with van der Waals surface area (Å²) in [5.74, 6) is 0. The Kier molecular flexibility index (Phi) is 6.21. The molecule has 26 heavy (non-hydrogen) atoms. The van der Waals surface area contributed by atoms with Crippen molar-refractivity contribution >= 4 is 40.3 Å². The molecule has 0 unspecified atom stereocenters. The molecule has 0 aliphatic heterocycles. The second kappa shape index (κ2) is 8.79. The van der Waals surface area contributed by atoms with E-state index in [1.54, 1.807) is 12.4 Å². The molecule has 0 atom stereocenters. The van der Waals surface area contributed by atoms with Crippen molar-refractivity contribution in [3.05, 3.63) is 65.1 Å². The maximum Gasteiger partial charge on any atom is 0.0731 e. The smallest absolute Gasteiger partial charge is 0.0731 e. The van der Waals surface area contributed by atoms with Crippen LogP contribution in [0, 0.1) is 0 Å². The van der Waals surface area contributed by atoms with Gasteiger partial charge in [0.15, 0.2) is 0 Å². The van der Waals surface area contributed by atoms with Gasteiger partial charge in [-0.25, -0.2) is 4.98 Å². The van der Waals surface area contributed by atoms with Gasteiger partial charge in [-0.1, -0.05) is 17.7 Å². The van der Waals surface area contributed by atoms with Gasteiger partial charge in [0.2, 0.25) is 0 Å². The molecule has 0 aliphatic carbocycles. The minimum Gasteiger partial charge on any atom is -0.384 e. The van der Waals surface area contributed by atoms with E-state index in [-0.39, 0.29) is 0 Å².